The number of rotatable bonds is 6. The van der Waals surface area contributed by atoms with E-state index in [1.165, 1.54) is 25.3 Å². The molecule has 0 bridgehead atoms. The molecule has 0 aromatic heterocycles. The van der Waals surface area contributed by atoms with Crippen LogP contribution in [0, 0.1) is 10.1 Å². The molecule has 1 aromatic carbocycles. The summed E-state index contributed by atoms with van der Waals surface area (Å²) in [5.74, 6) is -1.99. The average Bonchev–Trinajstić information content (AvgIpc) is 2.37. The van der Waals surface area contributed by atoms with Crippen LogP contribution in [0.25, 0.3) is 0 Å². The Morgan fingerprint density at radius 2 is 2.10 bits per heavy atom. The number of methoxy groups -OCH3 is 1. The third-order valence-corrected chi connectivity index (χ3v) is 2.44. The fourth-order valence-electron chi connectivity index (χ4n) is 1.60. The van der Waals surface area contributed by atoms with Crippen LogP contribution in [-0.4, -0.2) is 35.2 Å². The molecule has 0 aliphatic carbocycles. The second-order valence-electron chi connectivity index (χ2n) is 3.90. The standard InChI is InChI=1S/C12H13NO7/c1-7(14)20-11(12(15)16)6-8-3-4-10(19-2)9(5-8)13(17)18/h3-5,11H,6H2,1-2H3,(H,15,16)/t11-/m1/s1. The first-order valence-corrected chi connectivity index (χ1v) is 5.56. The van der Waals surface area contributed by atoms with E-state index in [2.05, 4.69) is 4.74 Å². The highest BCUT2D eigenvalue weighted by Gasteiger charge is 2.23. The summed E-state index contributed by atoms with van der Waals surface area (Å²) in [4.78, 5) is 32.0. The predicted octanol–water partition coefficient (Wildman–Crippen LogP) is 1.16. The van der Waals surface area contributed by atoms with Crippen LogP contribution in [0.1, 0.15) is 12.5 Å². The minimum Gasteiger partial charge on any atom is -0.490 e. The number of benzene rings is 1. The van der Waals surface area contributed by atoms with Crippen molar-refractivity contribution >= 4 is 17.6 Å². The van der Waals surface area contributed by atoms with Crippen molar-refractivity contribution in [2.45, 2.75) is 19.4 Å². The molecule has 0 aliphatic heterocycles. The zero-order valence-electron chi connectivity index (χ0n) is 10.9. The quantitative estimate of drug-likeness (QED) is 0.473. The number of carbonyl (C=O) groups excluding carboxylic acids is 1. The lowest BCUT2D eigenvalue weighted by Crippen LogP contribution is -2.28. The number of carboxylic acids is 1. The van der Waals surface area contributed by atoms with Crippen molar-refractivity contribution in [1.29, 1.82) is 0 Å². The van der Waals surface area contributed by atoms with E-state index in [9.17, 15) is 19.7 Å². The third kappa shape index (κ3) is 3.94. The normalized spacial score (nSPS) is 11.5. The molecular weight excluding hydrogens is 270 g/mol. The Balaban J connectivity index is 3.01. The van der Waals surface area contributed by atoms with Gasteiger partial charge in [-0.2, -0.15) is 0 Å². The molecule has 0 unspecified atom stereocenters. The number of carbonyl (C=O) groups is 2. The minimum atomic E-state index is -1.39. The summed E-state index contributed by atoms with van der Waals surface area (Å²) in [6.45, 7) is 1.09. The highest BCUT2D eigenvalue weighted by molar-refractivity contribution is 5.77. The molecule has 0 saturated carbocycles. The van der Waals surface area contributed by atoms with E-state index in [-0.39, 0.29) is 17.9 Å². The Morgan fingerprint density at radius 3 is 2.55 bits per heavy atom. The van der Waals surface area contributed by atoms with Crippen LogP contribution in [0.2, 0.25) is 0 Å². The van der Waals surface area contributed by atoms with Crippen LogP contribution in [0.15, 0.2) is 18.2 Å². The lowest BCUT2D eigenvalue weighted by molar-refractivity contribution is -0.385. The summed E-state index contributed by atoms with van der Waals surface area (Å²) >= 11 is 0. The van der Waals surface area contributed by atoms with Crippen LogP contribution >= 0.6 is 0 Å². The summed E-state index contributed by atoms with van der Waals surface area (Å²) in [5, 5.41) is 19.8. The van der Waals surface area contributed by atoms with Gasteiger partial charge in [0.2, 0.25) is 6.10 Å². The van der Waals surface area contributed by atoms with Crippen molar-refractivity contribution in [3.05, 3.63) is 33.9 Å². The van der Waals surface area contributed by atoms with Gasteiger partial charge in [-0.3, -0.25) is 14.9 Å². The monoisotopic (exact) mass is 283 g/mol. The molecule has 0 saturated heterocycles. The third-order valence-electron chi connectivity index (χ3n) is 2.44. The Labute approximate surface area is 114 Å². The number of ether oxygens (including phenoxy) is 2. The summed E-state index contributed by atoms with van der Waals surface area (Å²) in [6, 6.07) is 4.03. The molecule has 108 valence electrons. The molecule has 8 nitrogen and oxygen atoms in total. The first kappa shape index (κ1) is 15.4. The van der Waals surface area contributed by atoms with Crippen molar-refractivity contribution in [2.75, 3.05) is 7.11 Å². The van der Waals surface area contributed by atoms with Crippen LogP contribution in [-0.2, 0) is 20.7 Å². The van der Waals surface area contributed by atoms with Gasteiger partial charge in [-0.25, -0.2) is 4.79 Å². The predicted molar refractivity (Wildman–Crippen MR) is 66.5 cm³/mol. The highest BCUT2D eigenvalue weighted by atomic mass is 16.6. The number of carboxylic acid groups (broad SMARTS) is 1. The van der Waals surface area contributed by atoms with E-state index in [4.69, 9.17) is 9.84 Å². The van der Waals surface area contributed by atoms with E-state index >= 15 is 0 Å². The molecule has 1 atom stereocenters. The van der Waals surface area contributed by atoms with E-state index in [1.54, 1.807) is 0 Å². The SMILES string of the molecule is COc1ccc(C[C@@H](OC(C)=O)C(=O)O)cc1[N+](=O)[O-]. The van der Waals surface area contributed by atoms with Crippen LogP contribution in [0.5, 0.6) is 5.75 Å². The van der Waals surface area contributed by atoms with Crippen molar-refractivity contribution in [3.63, 3.8) is 0 Å². The molecule has 0 aliphatic rings. The summed E-state index contributed by atoms with van der Waals surface area (Å²) < 4.78 is 9.47. The molecular formula is C12H13NO7. The number of nitro benzene ring substituents is 1. The first-order valence-electron chi connectivity index (χ1n) is 5.56. The molecule has 1 rings (SSSR count). The number of hydrogen-bond acceptors (Lipinski definition) is 6. The van der Waals surface area contributed by atoms with Crippen molar-refractivity contribution in [3.8, 4) is 5.75 Å². The van der Waals surface area contributed by atoms with Crippen molar-refractivity contribution in [1.82, 2.24) is 0 Å². The average molecular weight is 283 g/mol. The number of aliphatic carboxylic acids is 1. The topological polar surface area (TPSA) is 116 Å². The van der Waals surface area contributed by atoms with Gasteiger partial charge in [-0.15, -0.1) is 0 Å². The van der Waals surface area contributed by atoms with Crippen molar-refractivity contribution < 1.29 is 29.1 Å². The largest absolute Gasteiger partial charge is 0.490 e. The van der Waals surface area contributed by atoms with Gasteiger partial charge >= 0.3 is 17.6 Å². The van der Waals surface area contributed by atoms with Crippen LogP contribution < -0.4 is 4.74 Å². The number of hydrogen-bond donors (Lipinski definition) is 1. The summed E-state index contributed by atoms with van der Waals surface area (Å²) in [5.41, 5.74) is 0.0723. The molecule has 20 heavy (non-hydrogen) atoms. The lowest BCUT2D eigenvalue weighted by Gasteiger charge is -2.12. The van der Waals surface area contributed by atoms with E-state index in [1.807, 2.05) is 0 Å². The highest BCUT2D eigenvalue weighted by Crippen LogP contribution is 2.28. The number of nitro groups is 1. The fraction of sp³-hybridized carbons (Fsp3) is 0.333. The zero-order valence-corrected chi connectivity index (χ0v) is 10.9. The Hall–Kier alpha value is -2.64. The lowest BCUT2D eigenvalue weighted by atomic mass is 10.1. The Morgan fingerprint density at radius 1 is 1.45 bits per heavy atom. The molecule has 0 spiro atoms. The van der Waals surface area contributed by atoms with Crippen LogP contribution in [0.3, 0.4) is 0 Å². The van der Waals surface area contributed by atoms with E-state index < -0.39 is 23.0 Å². The fourth-order valence-corrected chi connectivity index (χ4v) is 1.60. The summed E-state index contributed by atoms with van der Waals surface area (Å²) in [6.07, 6.45) is -1.56. The first-order chi connectivity index (χ1) is 9.35. The maximum atomic E-state index is 10.9. The zero-order chi connectivity index (χ0) is 15.3. The van der Waals surface area contributed by atoms with Gasteiger partial charge in [0.15, 0.2) is 5.75 Å². The minimum absolute atomic E-state index is 0.0677. The van der Waals surface area contributed by atoms with Gasteiger partial charge in [0.1, 0.15) is 0 Å². The van der Waals surface area contributed by atoms with Gasteiger partial charge in [0, 0.05) is 19.4 Å². The molecule has 1 aromatic rings. The molecule has 1 N–H and O–H groups in total. The molecule has 0 amide bonds. The van der Waals surface area contributed by atoms with E-state index in [0.29, 0.717) is 5.56 Å². The van der Waals surface area contributed by atoms with Gasteiger partial charge in [0.25, 0.3) is 0 Å². The number of nitrogens with zero attached hydrogens (tertiary/aromatic N) is 1. The molecule has 0 heterocycles. The number of esters is 1. The second kappa shape index (κ2) is 6.50. The van der Waals surface area contributed by atoms with Gasteiger partial charge < -0.3 is 14.6 Å². The molecule has 8 heteroatoms. The van der Waals surface area contributed by atoms with Gasteiger partial charge in [-0.1, -0.05) is 6.07 Å². The smallest absolute Gasteiger partial charge is 0.345 e. The molecule has 0 radical (unpaired) electrons. The Bertz CT molecular complexity index is 541. The maximum absolute atomic E-state index is 10.9. The van der Waals surface area contributed by atoms with E-state index in [0.717, 1.165) is 6.92 Å². The maximum Gasteiger partial charge on any atom is 0.345 e. The Kier molecular flexibility index (Phi) is 5.01. The summed E-state index contributed by atoms with van der Waals surface area (Å²) in [7, 11) is 1.29. The van der Waals surface area contributed by atoms with Crippen molar-refractivity contribution in [2.24, 2.45) is 0 Å². The van der Waals surface area contributed by atoms with Crippen LogP contribution in [0.4, 0.5) is 5.69 Å². The second-order valence-corrected chi connectivity index (χ2v) is 3.90. The molecule has 0 fully saturated rings. The van der Waals surface area contributed by atoms with Gasteiger partial charge in [0.05, 0.1) is 12.0 Å². The van der Waals surface area contributed by atoms with Gasteiger partial charge in [-0.05, 0) is 11.6 Å².